The van der Waals surface area contributed by atoms with Gasteiger partial charge in [-0.25, -0.2) is 4.79 Å². The lowest BCUT2D eigenvalue weighted by molar-refractivity contribution is 0.0516. The van der Waals surface area contributed by atoms with Gasteiger partial charge in [0.2, 0.25) is 0 Å². The van der Waals surface area contributed by atoms with Gasteiger partial charge in [0.25, 0.3) is 0 Å². The van der Waals surface area contributed by atoms with Crippen LogP contribution < -0.4 is 0 Å². The van der Waals surface area contributed by atoms with Crippen molar-refractivity contribution in [1.29, 1.82) is 0 Å². The Morgan fingerprint density at radius 1 is 1.50 bits per heavy atom. The first-order valence-electron chi connectivity index (χ1n) is 6.09. The number of aromatic nitrogens is 2. The molecule has 98 valence electrons. The summed E-state index contributed by atoms with van der Waals surface area (Å²) >= 11 is 0. The minimum atomic E-state index is -0.500. The van der Waals surface area contributed by atoms with E-state index in [0.29, 0.717) is 24.1 Å². The maximum absolute atomic E-state index is 11.9. The fraction of sp³-hybridized carbons (Fsp3) is 0.583. The van der Waals surface area contributed by atoms with E-state index in [0.717, 1.165) is 6.42 Å². The molecule has 0 radical (unpaired) electrons. The first kappa shape index (κ1) is 12.8. The van der Waals surface area contributed by atoms with Gasteiger partial charge in [-0.2, -0.15) is 5.10 Å². The van der Waals surface area contributed by atoms with Crippen molar-refractivity contribution in [2.75, 3.05) is 13.2 Å². The third-order valence-corrected chi connectivity index (χ3v) is 2.93. The van der Waals surface area contributed by atoms with Gasteiger partial charge in [0.15, 0.2) is 11.5 Å². The number of carbonyl (C=O) groups excluding carboxylic acids is 2. The van der Waals surface area contributed by atoms with Crippen LogP contribution in [0.2, 0.25) is 0 Å². The third kappa shape index (κ3) is 2.15. The summed E-state index contributed by atoms with van der Waals surface area (Å²) in [5.41, 5.74) is 1.34. The molecule has 1 aliphatic rings. The molecule has 6 nitrogen and oxygen atoms in total. The number of esters is 1. The molecule has 1 heterocycles. The molecule has 0 bridgehead atoms. The number of carbonyl (C=O) groups is 2. The number of ether oxygens (including phenoxy) is 1. The van der Waals surface area contributed by atoms with Crippen LogP contribution in [-0.2, 0) is 17.7 Å². The Morgan fingerprint density at radius 2 is 2.28 bits per heavy atom. The lowest BCUT2D eigenvalue weighted by atomic mass is 9.94. The second-order valence-electron chi connectivity index (χ2n) is 4.12. The molecule has 0 saturated heterocycles. The van der Waals surface area contributed by atoms with Crippen LogP contribution in [0.5, 0.6) is 0 Å². The number of hydrogen-bond donors (Lipinski definition) is 1. The molecule has 0 amide bonds. The molecule has 0 atom stereocenters. The Morgan fingerprint density at radius 3 is 2.94 bits per heavy atom. The highest BCUT2D eigenvalue weighted by Gasteiger charge is 2.29. The molecule has 18 heavy (non-hydrogen) atoms. The van der Waals surface area contributed by atoms with E-state index in [1.807, 2.05) is 0 Å². The predicted molar refractivity (Wildman–Crippen MR) is 62.5 cm³/mol. The topological polar surface area (TPSA) is 81.4 Å². The van der Waals surface area contributed by atoms with Crippen LogP contribution in [0.4, 0.5) is 0 Å². The molecule has 0 fully saturated rings. The molecule has 0 aromatic carbocycles. The summed E-state index contributed by atoms with van der Waals surface area (Å²) in [7, 11) is 0. The van der Waals surface area contributed by atoms with Gasteiger partial charge < -0.3 is 9.84 Å². The van der Waals surface area contributed by atoms with E-state index >= 15 is 0 Å². The van der Waals surface area contributed by atoms with Crippen LogP contribution in [0.3, 0.4) is 0 Å². The van der Waals surface area contributed by atoms with Crippen molar-refractivity contribution in [1.82, 2.24) is 9.78 Å². The highest BCUT2D eigenvalue weighted by Crippen LogP contribution is 2.25. The monoisotopic (exact) mass is 252 g/mol. The van der Waals surface area contributed by atoms with Crippen LogP contribution in [0.25, 0.3) is 0 Å². The lowest BCUT2D eigenvalue weighted by Gasteiger charge is -2.12. The third-order valence-electron chi connectivity index (χ3n) is 2.93. The Balaban J connectivity index is 2.45. The SMILES string of the molecule is CCOC(=O)c1nn(CCO)c2c1CCCC2=O. The molecule has 0 spiro atoms. The lowest BCUT2D eigenvalue weighted by Crippen LogP contribution is -2.17. The summed E-state index contributed by atoms with van der Waals surface area (Å²) in [5, 5.41) is 13.1. The van der Waals surface area contributed by atoms with E-state index < -0.39 is 5.97 Å². The summed E-state index contributed by atoms with van der Waals surface area (Å²) in [6, 6.07) is 0. The first-order valence-corrected chi connectivity index (χ1v) is 6.09. The van der Waals surface area contributed by atoms with Gasteiger partial charge in [0.1, 0.15) is 5.69 Å². The number of hydrogen-bond acceptors (Lipinski definition) is 5. The molecule has 6 heteroatoms. The standard InChI is InChI=1S/C12H16N2O4/c1-2-18-12(17)10-8-4-3-5-9(16)11(8)14(13-10)6-7-15/h15H,2-7H2,1H3. The minimum absolute atomic E-state index is 0.0206. The van der Waals surface area contributed by atoms with Gasteiger partial charge in [-0.1, -0.05) is 0 Å². The highest BCUT2D eigenvalue weighted by atomic mass is 16.5. The van der Waals surface area contributed by atoms with Gasteiger partial charge >= 0.3 is 5.97 Å². The average Bonchev–Trinajstić information content (AvgIpc) is 2.70. The Labute approximate surface area is 105 Å². The molecule has 2 rings (SSSR count). The largest absolute Gasteiger partial charge is 0.461 e. The molecular formula is C12H16N2O4. The van der Waals surface area contributed by atoms with Crippen molar-refractivity contribution in [2.45, 2.75) is 32.7 Å². The number of nitrogens with zero attached hydrogens (tertiary/aromatic N) is 2. The summed E-state index contributed by atoms with van der Waals surface area (Å²) in [6.07, 6.45) is 1.84. The zero-order chi connectivity index (χ0) is 13.1. The van der Waals surface area contributed by atoms with Gasteiger partial charge in [0.05, 0.1) is 19.8 Å². The fourth-order valence-corrected chi connectivity index (χ4v) is 2.21. The van der Waals surface area contributed by atoms with Crippen molar-refractivity contribution < 1.29 is 19.4 Å². The number of ketones is 1. The van der Waals surface area contributed by atoms with Crippen LogP contribution >= 0.6 is 0 Å². The maximum Gasteiger partial charge on any atom is 0.359 e. The summed E-state index contributed by atoms with van der Waals surface area (Å²) in [6.45, 7) is 2.09. The molecule has 1 aliphatic carbocycles. The minimum Gasteiger partial charge on any atom is -0.461 e. The molecule has 0 saturated carbocycles. The number of Topliss-reactive ketones (excluding diaryl/α,β-unsaturated/α-hetero) is 1. The van der Waals surface area contributed by atoms with Gasteiger partial charge in [-0.3, -0.25) is 9.48 Å². The summed E-state index contributed by atoms with van der Waals surface area (Å²) < 4.78 is 6.35. The maximum atomic E-state index is 11.9. The second-order valence-corrected chi connectivity index (χ2v) is 4.12. The molecule has 1 aromatic rings. The average molecular weight is 252 g/mol. The number of aliphatic hydroxyl groups excluding tert-OH is 1. The zero-order valence-electron chi connectivity index (χ0n) is 10.3. The molecule has 1 N–H and O–H groups in total. The van der Waals surface area contributed by atoms with Gasteiger partial charge in [-0.05, 0) is 19.8 Å². The van der Waals surface area contributed by atoms with Crippen molar-refractivity contribution >= 4 is 11.8 Å². The van der Waals surface area contributed by atoms with Crippen LogP contribution in [0.1, 0.15) is 46.3 Å². The Kier molecular flexibility index (Phi) is 3.76. The summed E-state index contributed by atoms with van der Waals surface area (Å²) in [5.74, 6) is -0.520. The van der Waals surface area contributed by atoms with Crippen LogP contribution in [0.15, 0.2) is 0 Å². The van der Waals surface area contributed by atoms with Crippen LogP contribution in [0, 0.1) is 0 Å². The highest BCUT2D eigenvalue weighted by molar-refractivity contribution is 6.00. The number of fused-ring (bicyclic) bond motifs is 1. The van der Waals surface area contributed by atoms with Gasteiger partial charge in [-0.15, -0.1) is 0 Å². The smallest absolute Gasteiger partial charge is 0.359 e. The van der Waals surface area contributed by atoms with E-state index in [2.05, 4.69) is 5.10 Å². The predicted octanol–water partition coefficient (Wildman–Crippen LogP) is 0.571. The van der Waals surface area contributed by atoms with Gasteiger partial charge in [0, 0.05) is 12.0 Å². The first-order chi connectivity index (χ1) is 8.69. The molecular weight excluding hydrogens is 236 g/mol. The second kappa shape index (κ2) is 5.30. The zero-order valence-corrected chi connectivity index (χ0v) is 10.3. The van der Waals surface area contributed by atoms with E-state index in [1.165, 1.54) is 4.68 Å². The summed E-state index contributed by atoms with van der Waals surface area (Å²) in [4.78, 5) is 23.6. The molecule has 1 aromatic heterocycles. The number of aliphatic hydroxyl groups is 1. The van der Waals surface area contributed by atoms with Crippen molar-refractivity contribution in [3.8, 4) is 0 Å². The van der Waals surface area contributed by atoms with E-state index in [1.54, 1.807) is 6.92 Å². The van der Waals surface area contributed by atoms with Crippen LogP contribution in [-0.4, -0.2) is 39.9 Å². The fourth-order valence-electron chi connectivity index (χ4n) is 2.21. The van der Waals surface area contributed by atoms with Crippen molar-refractivity contribution in [3.05, 3.63) is 17.0 Å². The normalized spacial score (nSPS) is 14.4. The van der Waals surface area contributed by atoms with Crippen molar-refractivity contribution in [2.24, 2.45) is 0 Å². The van der Waals surface area contributed by atoms with E-state index in [9.17, 15) is 9.59 Å². The van der Waals surface area contributed by atoms with Crippen molar-refractivity contribution in [3.63, 3.8) is 0 Å². The number of rotatable bonds is 4. The Hall–Kier alpha value is -1.69. The molecule has 0 aliphatic heterocycles. The van der Waals surface area contributed by atoms with E-state index in [4.69, 9.17) is 9.84 Å². The van der Waals surface area contributed by atoms with E-state index in [-0.39, 0.29) is 31.2 Å². The quantitative estimate of drug-likeness (QED) is 0.792. The Bertz CT molecular complexity index is 479. The molecule has 0 unspecified atom stereocenters.